The lowest BCUT2D eigenvalue weighted by Crippen LogP contribution is -2.58. The van der Waals surface area contributed by atoms with Crippen LogP contribution in [0.3, 0.4) is 0 Å². The molecule has 1 aromatic heterocycles. The minimum Gasteiger partial charge on any atom is -0.354 e. The fourth-order valence-corrected chi connectivity index (χ4v) is 2.16. The van der Waals surface area contributed by atoms with Crippen LogP contribution >= 0.6 is 11.3 Å². The van der Waals surface area contributed by atoms with Crippen molar-refractivity contribution in [3.8, 4) is 0 Å². The van der Waals surface area contributed by atoms with Crippen LogP contribution in [-0.4, -0.2) is 42.5 Å². The van der Waals surface area contributed by atoms with E-state index in [1.165, 1.54) is 0 Å². The quantitative estimate of drug-likeness (QED) is 0.636. The summed E-state index contributed by atoms with van der Waals surface area (Å²) < 4.78 is 0. The third-order valence-corrected chi connectivity index (χ3v) is 3.29. The summed E-state index contributed by atoms with van der Waals surface area (Å²) in [5.41, 5.74) is 0. The molecule has 2 rings (SSSR count). The maximum absolute atomic E-state index is 11.7. The van der Waals surface area contributed by atoms with Gasteiger partial charge in [-0.15, -0.1) is 11.3 Å². The van der Waals surface area contributed by atoms with E-state index in [1.54, 1.807) is 17.5 Å². The Kier molecular flexibility index (Phi) is 4.05. The van der Waals surface area contributed by atoms with Crippen LogP contribution < -0.4 is 16.0 Å². The van der Waals surface area contributed by atoms with Crippen molar-refractivity contribution in [3.63, 3.8) is 0 Å². The second-order valence-electron chi connectivity index (χ2n) is 3.70. The molecule has 2 heterocycles. The highest BCUT2D eigenvalue weighted by molar-refractivity contribution is 7.09. The first-order valence-electron chi connectivity index (χ1n) is 5.42. The molecule has 6 nitrogen and oxygen atoms in total. The third kappa shape index (κ3) is 3.50. The molecule has 1 saturated heterocycles. The molecule has 1 atom stereocenters. The molecular weight excluding hydrogens is 240 g/mol. The van der Waals surface area contributed by atoms with Crippen LogP contribution in [-0.2, 0) is 16.0 Å². The standard InChI is InChI=1S/C10H14N4O2S/c15-8-6-13-7(5-14-8)10(16)12-2-1-9-11-3-4-17-9/h3-4,7,13H,1-2,5-6H2,(H,12,16)(H,14,15). The van der Waals surface area contributed by atoms with E-state index < -0.39 is 0 Å². The van der Waals surface area contributed by atoms with Gasteiger partial charge in [0, 0.05) is 31.1 Å². The van der Waals surface area contributed by atoms with Crippen molar-refractivity contribution in [3.05, 3.63) is 16.6 Å². The highest BCUT2D eigenvalue weighted by Gasteiger charge is 2.23. The summed E-state index contributed by atoms with van der Waals surface area (Å²) in [4.78, 5) is 26.7. The molecule has 0 aliphatic carbocycles. The van der Waals surface area contributed by atoms with Crippen molar-refractivity contribution in [2.45, 2.75) is 12.5 Å². The van der Waals surface area contributed by atoms with Crippen LogP contribution in [0.2, 0.25) is 0 Å². The number of hydrogen-bond acceptors (Lipinski definition) is 5. The molecule has 2 amide bonds. The molecule has 17 heavy (non-hydrogen) atoms. The normalized spacial score (nSPS) is 19.8. The number of carbonyl (C=O) groups is 2. The van der Waals surface area contributed by atoms with Gasteiger partial charge in [0.1, 0.15) is 6.04 Å². The van der Waals surface area contributed by atoms with E-state index >= 15 is 0 Å². The summed E-state index contributed by atoms with van der Waals surface area (Å²) in [6.45, 7) is 1.12. The molecule has 0 bridgehead atoms. The monoisotopic (exact) mass is 254 g/mol. The first-order chi connectivity index (χ1) is 8.25. The van der Waals surface area contributed by atoms with E-state index in [0.717, 1.165) is 11.4 Å². The lowest BCUT2D eigenvalue weighted by molar-refractivity contribution is -0.126. The molecule has 3 N–H and O–H groups in total. The van der Waals surface area contributed by atoms with E-state index in [0.29, 0.717) is 13.1 Å². The predicted molar refractivity (Wildman–Crippen MR) is 63.6 cm³/mol. The van der Waals surface area contributed by atoms with Gasteiger partial charge in [0.2, 0.25) is 11.8 Å². The average Bonchev–Trinajstić information content (AvgIpc) is 2.83. The van der Waals surface area contributed by atoms with Crippen molar-refractivity contribution in [2.75, 3.05) is 19.6 Å². The van der Waals surface area contributed by atoms with Gasteiger partial charge in [0.05, 0.1) is 11.6 Å². The van der Waals surface area contributed by atoms with Gasteiger partial charge < -0.3 is 10.6 Å². The topological polar surface area (TPSA) is 83.1 Å². The largest absolute Gasteiger partial charge is 0.354 e. The summed E-state index contributed by atoms with van der Waals surface area (Å²) in [7, 11) is 0. The number of carbonyl (C=O) groups excluding carboxylic acids is 2. The molecular formula is C10H14N4O2S. The highest BCUT2D eigenvalue weighted by atomic mass is 32.1. The Morgan fingerprint density at radius 1 is 1.65 bits per heavy atom. The molecule has 0 spiro atoms. The lowest BCUT2D eigenvalue weighted by Gasteiger charge is -2.22. The van der Waals surface area contributed by atoms with Crippen molar-refractivity contribution in [2.24, 2.45) is 0 Å². The Morgan fingerprint density at radius 3 is 3.18 bits per heavy atom. The summed E-state index contributed by atoms with van der Waals surface area (Å²) in [5.74, 6) is -0.154. The second kappa shape index (κ2) is 5.74. The smallest absolute Gasteiger partial charge is 0.238 e. The Labute approximate surface area is 103 Å². The Balaban J connectivity index is 1.68. The molecule has 1 fully saturated rings. The van der Waals surface area contributed by atoms with Crippen LogP contribution in [0.5, 0.6) is 0 Å². The summed E-state index contributed by atoms with van der Waals surface area (Å²) >= 11 is 1.58. The molecule has 1 aliphatic rings. The van der Waals surface area contributed by atoms with Crippen LogP contribution in [0.15, 0.2) is 11.6 Å². The number of piperazine rings is 1. The maximum atomic E-state index is 11.7. The van der Waals surface area contributed by atoms with Crippen molar-refractivity contribution in [1.82, 2.24) is 20.9 Å². The van der Waals surface area contributed by atoms with Gasteiger partial charge in [-0.3, -0.25) is 14.9 Å². The van der Waals surface area contributed by atoms with E-state index in [4.69, 9.17) is 0 Å². The van der Waals surface area contributed by atoms with Gasteiger partial charge in [0.25, 0.3) is 0 Å². The molecule has 1 unspecified atom stereocenters. The zero-order valence-electron chi connectivity index (χ0n) is 9.23. The summed E-state index contributed by atoms with van der Waals surface area (Å²) in [6.07, 6.45) is 2.49. The number of hydrogen-bond donors (Lipinski definition) is 3. The fourth-order valence-electron chi connectivity index (χ4n) is 1.54. The molecule has 0 aromatic carbocycles. The molecule has 0 radical (unpaired) electrons. The second-order valence-corrected chi connectivity index (χ2v) is 4.68. The SMILES string of the molecule is O=C1CNC(C(=O)NCCc2nccs2)CN1. The Bertz CT molecular complexity index is 383. The summed E-state index contributed by atoms with van der Waals surface area (Å²) in [6, 6.07) is -0.330. The van der Waals surface area contributed by atoms with E-state index in [2.05, 4.69) is 20.9 Å². The number of nitrogens with zero attached hydrogens (tertiary/aromatic N) is 1. The van der Waals surface area contributed by atoms with Crippen molar-refractivity contribution >= 4 is 23.2 Å². The van der Waals surface area contributed by atoms with Gasteiger partial charge in [-0.2, -0.15) is 0 Å². The maximum Gasteiger partial charge on any atom is 0.238 e. The lowest BCUT2D eigenvalue weighted by atomic mass is 10.2. The van der Waals surface area contributed by atoms with Crippen molar-refractivity contribution < 1.29 is 9.59 Å². The van der Waals surface area contributed by atoms with Gasteiger partial charge in [-0.1, -0.05) is 0 Å². The van der Waals surface area contributed by atoms with Gasteiger partial charge in [-0.05, 0) is 0 Å². The van der Waals surface area contributed by atoms with Crippen LogP contribution in [0.25, 0.3) is 0 Å². The third-order valence-electron chi connectivity index (χ3n) is 2.45. The molecule has 7 heteroatoms. The zero-order chi connectivity index (χ0) is 12.1. The number of rotatable bonds is 4. The zero-order valence-corrected chi connectivity index (χ0v) is 10.0. The molecule has 0 saturated carbocycles. The van der Waals surface area contributed by atoms with E-state index in [1.807, 2.05) is 5.38 Å². The average molecular weight is 254 g/mol. The van der Waals surface area contributed by atoms with Gasteiger partial charge in [0.15, 0.2) is 0 Å². The number of thiazole rings is 1. The van der Waals surface area contributed by atoms with Crippen LogP contribution in [0, 0.1) is 0 Å². The van der Waals surface area contributed by atoms with Crippen molar-refractivity contribution in [1.29, 1.82) is 0 Å². The highest BCUT2D eigenvalue weighted by Crippen LogP contribution is 2.03. The van der Waals surface area contributed by atoms with Gasteiger partial charge in [-0.25, -0.2) is 4.98 Å². The number of aromatic nitrogens is 1. The molecule has 92 valence electrons. The van der Waals surface area contributed by atoms with Crippen LogP contribution in [0.1, 0.15) is 5.01 Å². The Morgan fingerprint density at radius 2 is 2.53 bits per heavy atom. The van der Waals surface area contributed by atoms with E-state index in [9.17, 15) is 9.59 Å². The predicted octanol–water partition coefficient (Wildman–Crippen LogP) is -1.11. The van der Waals surface area contributed by atoms with Gasteiger partial charge >= 0.3 is 0 Å². The number of amides is 2. The molecule has 1 aliphatic heterocycles. The van der Waals surface area contributed by atoms with Crippen LogP contribution in [0.4, 0.5) is 0 Å². The Hall–Kier alpha value is -1.47. The first kappa shape index (κ1) is 12.0. The first-order valence-corrected chi connectivity index (χ1v) is 6.30. The number of nitrogens with one attached hydrogen (secondary N) is 3. The minimum atomic E-state index is -0.330. The van der Waals surface area contributed by atoms with E-state index in [-0.39, 0.29) is 24.4 Å². The fraction of sp³-hybridized carbons (Fsp3) is 0.500. The minimum absolute atomic E-state index is 0.0724. The molecule has 1 aromatic rings. The summed E-state index contributed by atoms with van der Waals surface area (Å²) in [5, 5.41) is 11.3.